The SMILES string of the molecule is O=C(NCCNc1nc2cc([N+](=O)[O-])ccc2o1)C1CC1. The Balaban J connectivity index is 1.56. The van der Waals surface area contributed by atoms with Crippen LogP contribution in [0, 0.1) is 16.0 Å². The summed E-state index contributed by atoms with van der Waals surface area (Å²) >= 11 is 0. The molecule has 1 amide bonds. The predicted octanol–water partition coefficient (Wildman–Crippen LogP) is 1.67. The molecule has 1 aliphatic carbocycles. The zero-order valence-corrected chi connectivity index (χ0v) is 11.2. The Morgan fingerprint density at radius 2 is 2.24 bits per heavy atom. The largest absolute Gasteiger partial charge is 0.424 e. The minimum absolute atomic E-state index is 0.0287. The van der Waals surface area contributed by atoms with Gasteiger partial charge in [-0.15, -0.1) is 0 Å². The van der Waals surface area contributed by atoms with Crippen LogP contribution in [-0.4, -0.2) is 28.9 Å². The Hall–Kier alpha value is -2.64. The topological polar surface area (TPSA) is 110 Å². The standard InChI is InChI=1S/C13H14N4O4/c18-12(8-1-2-8)14-5-6-15-13-16-10-7-9(17(19)20)3-4-11(10)21-13/h3-4,7-8H,1-2,5-6H2,(H,14,18)(H,15,16). The van der Waals surface area contributed by atoms with Gasteiger partial charge in [0.2, 0.25) is 5.91 Å². The number of aromatic nitrogens is 1. The molecular weight excluding hydrogens is 276 g/mol. The molecule has 0 atom stereocenters. The van der Waals surface area contributed by atoms with Gasteiger partial charge in [0.25, 0.3) is 11.7 Å². The van der Waals surface area contributed by atoms with Crippen molar-refractivity contribution in [2.45, 2.75) is 12.8 Å². The molecule has 110 valence electrons. The van der Waals surface area contributed by atoms with Crippen LogP contribution in [0.2, 0.25) is 0 Å². The van der Waals surface area contributed by atoms with Gasteiger partial charge in [0, 0.05) is 31.1 Å². The number of carbonyl (C=O) groups excluding carboxylic acids is 1. The second-order valence-corrected chi connectivity index (χ2v) is 4.92. The van der Waals surface area contributed by atoms with Crippen molar-refractivity contribution in [1.82, 2.24) is 10.3 Å². The van der Waals surface area contributed by atoms with Crippen molar-refractivity contribution >= 4 is 28.7 Å². The molecule has 0 unspecified atom stereocenters. The van der Waals surface area contributed by atoms with E-state index >= 15 is 0 Å². The van der Waals surface area contributed by atoms with Crippen LogP contribution in [0.1, 0.15) is 12.8 Å². The lowest BCUT2D eigenvalue weighted by molar-refractivity contribution is -0.384. The van der Waals surface area contributed by atoms with Crippen LogP contribution >= 0.6 is 0 Å². The van der Waals surface area contributed by atoms with Crippen LogP contribution in [0.4, 0.5) is 11.7 Å². The summed E-state index contributed by atoms with van der Waals surface area (Å²) in [5.41, 5.74) is 0.873. The fourth-order valence-corrected chi connectivity index (χ4v) is 1.95. The number of amides is 1. The molecule has 1 aromatic carbocycles. The first-order valence-electron chi connectivity index (χ1n) is 6.70. The normalized spacial score (nSPS) is 14.1. The number of non-ortho nitro benzene ring substituents is 1. The molecule has 8 heteroatoms. The lowest BCUT2D eigenvalue weighted by Crippen LogP contribution is -2.29. The number of rotatable bonds is 6. The van der Waals surface area contributed by atoms with Gasteiger partial charge in [-0.3, -0.25) is 14.9 Å². The van der Waals surface area contributed by atoms with Crippen LogP contribution in [-0.2, 0) is 4.79 Å². The molecule has 0 saturated heterocycles. The van der Waals surface area contributed by atoms with E-state index in [2.05, 4.69) is 15.6 Å². The number of benzene rings is 1. The van der Waals surface area contributed by atoms with E-state index in [1.807, 2.05) is 0 Å². The fourth-order valence-electron chi connectivity index (χ4n) is 1.95. The van der Waals surface area contributed by atoms with Crippen LogP contribution < -0.4 is 10.6 Å². The highest BCUT2D eigenvalue weighted by Crippen LogP contribution is 2.28. The van der Waals surface area contributed by atoms with E-state index in [-0.39, 0.29) is 23.5 Å². The Kier molecular flexibility index (Phi) is 3.43. The number of nitro benzene ring substituents is 1. The molecule has 0 bridgehead atoms. The van der Waals surface area contributed by atoms with Crippen molar-refractivity contribution in [2.75, 3.05) is 18.4 Å². The highest BCUT2D eigenvalue weighted by Gasteiger charge is 2.28. The Morgan fingerprint density at radius 1 is 1.43 bits per heavy atom. The van der Waals surface area contributed by atoms with Gasteiger partial charge < -0.3 is 15.1 Å². The Bertz CT molecular complexity index is 693. The van der Waals surface area contributed by atoms with Gasteiger partial charge in [0.1, 0.15) is 5.52 Å². The van der Waals surface area contributed by atoms with Crippen LogP contribution in [0.5, 0.6) is 0 Å². The average molecular weight is 290 g/mol. The number of carbonyl (C=O) groups is 1. The number of fused-ring (bicyclic) bond motifs is 1. The zero-order chi connectivity index (χ0) is 14.8. The van der Waals surface area contributed by atoms with Gasteiger partial charge in [-0.1, -0.05) is 0 Å². The molecular formula is C13H14N4O4. The van der Waals surface area contributed by atoms with Gasteiger partial charge in [0.05, 0.1) is 4.92 Å². The van der Waals surface area contributed by atoms with Crippen LogP contribution in [0.25, 0.3) is 11.1 Å². The molecule has 1 aromatic heterocycles. The van der Waals surface area contributed by atoms with E-state index in [4.69, 9.17) is 4.42 Å². The average Bonchev–Trinajstić information content (AvgIpc) is 3.23. The van der Waals surface area contributed by atoms with E-state index < -0.39 is 4.92 Å². The summed E-state index contributed by atoms with van der Waals surface area (Å²) in [6.07, 6.45) is 1.95. The number of nitro groups is 1. The van der Waals surface area contributed by atoms with Gasteiger partial charge in [-0.2, -0.15) is 4.98 Å². The zero-order valence-electron chi connectivity index (χ0n) is 11.2. The van der Waals surface area contributed by atoms with Crippen molar-refractivity contribution in [3.8, 4) is 0 Å². The van der Waals surface area contributed by atoms with Crippen molar-refractivity contribution in [1.29, 1.82) is 0 Å². The summed E-state index contributed by atoms with van der Waals surface area (Å²) in [6, 6.07) is 4.53. The summed E-state index contributed by atoms with van der Waals surface area (Å²) in [5.74, 6) is 0.278. The first kappa shape index (κ1) is 13.3. The summed E-state index contributed by atoms with van der Waals surface area (Å²) in [6.45, 7) is 0.960. The van der Waals surface area contributed by atoms with E-state index in [0.29, 0.717) is 24.2 Å². The maximum Gasteiger partial charge on any atom is 0.295 e. The molecule has 21 heavy (non-hydrogen) atoms. The number of hydrogen-bond donors (Lipinski definition) is 2. The number of oxazole rings is 1. The maximum atomic E-state index is 11.4. The van der Waals surface area contributed by atoms with Crippen LogP contribution in [0.15, 0.2) is 22.6 Å². The first-order chi connectivity index (χ1) is 10.1. The number of anilines is 1. The minimum atomic E-state index is -0.478. The van der Waals surface area contributed by atoms with Crippen molar-refractivity contribution in [3.63, 3.8) is 0 Å². The second-order valence-electron chi connectivity index (χ2n) is 4.92. The third-order valence-electron chi connectivity index (χ3n) is 3.23. The molecule has 0 aliphatic heterocycles. The smallest absolute Gasteiger partial charge is 0.295 e. The first-order valence-corrected chi connectivity index (χ1v) is 6.70. The summed E-state index contributed by atoms with van der Waals surface area (Å²) in [4.78, 5) is 25.7. The third-order valence-corrected chi connectivity index (χ3v) is 3.23. The number of nitrogens with one attached hydrogen (secondary N) is 2. The molecule has 1 aliphatic rings. The minimum Gasteiger partial charge on any atom is -0.424 e. The van der Waals surface area contributed by atoms with Gasteiger partial charge in [-0.25, -0.2) is 0 Å². The predicted molar refractivity (Wildman–Crippen MR) is 74.9 cm³/mol. The van der Waals surface area contributed by atoms with E-state index in [0.717, 1.165) is 12.8 Å². The Morgan fingerprint density at radius 3 is 2.95 bits per heavy atom. The number of nitrogens with zero attached hydrogens (tertiary/aromatic N) is 2. The highest BCUT2D eigenvalue weighted by molar-refractivity contribution is 5.80. The van der Waals surface area contributed by atoms with Crippen molar-refractivity contribution < 1.29 is 14.1 Å². The molecule has 2 aromatic rings. The molecule has 0 radical (unpaired) electrons. The fraction of sp³-hybridized carbons (Fsp3) is 0.385. The van der Waals surface area contributed by atoms with Crippen molar-refractivity contribution in [3.05, 3.63) is 28.3 Å². The molecule has 0 spiro atoms. The van der Waals surface area contributed by atoms with Gasteiger partial charge >= 0.3 is 0 Å². The summed E-state index contributed by atoms with van der Waals surface area (Å²) < 4.78 is 5.41. The molecule has 2 N–H and O–H groups in total. The summed E-state index contributed by atoms with van der Waals surface area (Å²) in [5, 5.41) is 16.4. The molecule has 1 saturated carbocycles. The van der Waals surface area contributed by atoms with E-state index in [1.165, 1.54) is 18.2 Å². The van der Waals surface area contributed by atoms with Crippen molar-refractivity contribution in [2.24, 2.45) is 5.92 Å². The molecule has 8 nitrogen and oxygen atoms in total. The molecule has 3 rings (SSSR count). The molecule has 1 fully saturated rings. The highest BCUT2D eigenvalue weighted by atomic mass is 16.6. The second kappa shape index (κ2) is 5.39. The third kappa shape index (κ3) is 3.10. The maximum absolute atomic E-state index is 11.4. The van der Waals surface area contributed by atoms with Gasteiger partial charge in [-0.05, 0) is 18.9 Å². The summed E-state index contributed by atoms with van der Waals surface area (Å²) in [7, 11) is 0. The Labute approximate surface area is 119 Å². The lowest BCUT2D eigenvalue weighted by atomic mass is 10.3. The van der Waals surface area contributed by atoms with E-state index in [9.17, 15) is 14.9 Å². The number of hydrogen-bond acceptors (Lipinski definition) is 6. The monoisotopic (exact) mass is 290 g/mol. The molecule has 1 heterocycles. The van der Waals surface area contributed by atoms with E-state index in [1.54, 1.807) is 0 Å². The van der Waals surface area contributed by atoms with Gasteiger partial charge in [0.15, 0.2) is 5.58 Å². The quantitative estimate of drug-likeness (QED) is 0.475. The van der Waals surface area contributed by atoms with Crippen LogP contribution in [0.3, 0.4) is 0 Å². The lowest BCUT2D eigenvalue weighted by Gasteiger charge is -2.03.